The maximum atomic E-state index is 5.68. The average molecular weight is 231 g/mol. The van der Waals surface area contributed by atoms with Gasteiger partial charge in [0.05, 0.1) is 0 Å². The quantitative estimate of drug-likeness (QED) is 0.791. The van der Waals surface area contributed by atoms with Crippen molar-refractivity contribution in [1.29, 1.82) is 0 Å². The van der Waals surface area contributed by atoms with Crippen LogP contribution >= 0.6 is 23.4 Å². The van der Waals surface area contributed by atoms with E-state index in [9.17, 15) is 0 Å². The Morgan fingerprint density at radius 3 is 2.93 bits per heavy atom. The third-order valence-electron chi connectivity index (χ3n) is 1.86. The summed E-state index contributed by atoms with van der Waals surface area (Å²) in [7, 11) is 0. The first kappa shape index (κ1) is 11.8. The number of pyridine rings is 1. The molecule has 4 heteroatoms. The van der Waals surface area contributed by atoms with Crippen molar-refractivity contribution >= 4 is 23.4 Å². The first-order valence-electron chi connectivity index (χ1n) is 4.60. The lowest BCUT2D eigenvalue weighted by Crippen LogP contribution is -2.12. The fraction of sp³-hybridized carbons (Fsp3) is 0.500. The number of halogens is 1. The third kappa shape index (κ3) is 4.31. The molecule has 1 aromatic rings. The Hall–Kier alpha value is -0.250. The molecule has 1 atom stereocenters. The molecule has 0 saturated carbocycles. The van der Waals surface area contributed by atoms with E-state index in [-0.39, 0.29) is 0 Å². The Balaban J connectivity index is 2.28. The number of hydrogen-bond acceptors (Lipinski definition) is 3. The Morgan fingerprint density at radius 1 is 1.57 bits per heavy atom. The first-order chi connectivity index (χ1) is 6.72. The monoisotopic (exact) mass is 230 g/mol. The van der Waals surface area contributed by atoms with Gasteiger partial charge in [0.15, 0.2) is 0 Å². The molecule has 78 valence electrons. The minimum Gasteiger partial charge on any atom is -0.330 e. The molecule has 1 aromatic heterocycles. The summed E-state index contributed by atoms with van der Waals surface area (Å²) in [6, 6.07) is 3.83. The second kappa shape index (κ2) is 6.27. The number of nitrogens with two attached hydrogens (primary N) is 1. The molecule has 2 nitrogen and oxygen atoms in total. The lowest BCUT2D eigenvalue weighted by molar-refractivity contribution is 0.675. The van der Waals surface area contributed by atoms with Gasteiger partial charge in [-0.15, -0.1) is 0 Å². The van der Waals surface area contributed by atoms with E-state index in [0.29, 0.717) is 11.1 Å². The van der Waals surface area contributed by atoms with Gasteiger partial charge in [-0.1, -0.05) is 24.6 Å². The number of nitrogens with zero attached hydrogens (tertiary/aromatic N) is 1. The molecule has 1 unspecified atom stereocenters. The molecule has 1 rings (SSSR count). The number of hydrogen-bond donors (Lipinski definition) is 1. The van der Waals surface area contributed by atoms with Gasteiger partial charge in [0.2, 0.25) is 0 Å². The van der Waals surface area contributed by atoms with Gasteiger partial charge >= 0.3 is 0 Å². The summed E-state index contributed by atoms with van der Waals surface area (Å²) in [5.74, 6) is 2.66. The lowest BCUT2D eigenvalue weighted by atomic mass is 10.2. The van der Waals surface area contributed by atoms with Gasteiger partial charge in [-0.25, -0.2) is 4.98 Å². The summed E-state index contributed by atoms with van der Waals surface area (Å²) < 4.78 is 0. The van der Waals surface area contributed by atoms with E-state index < -0.39 is 0 Å². The molecule has 0 fully saturated rings. The van der Waals surface area contributed by atoms with Crippen LogP contribution in [0.5, 0.6) is 0 Å². The molecule has 14 heavy (non-hydrogen) atoms. The van der Waals surface area contributed by atoms with Crippen molar-refractivity contribution in [3.05, 3.63) is 29.0 Å². The van der Waals surface area contributed by atoms with Crippen molar-refractivity contribution in [2.24, 2.45) is 11.7 Å². The SMILES string of the molecule is CC(CN)CSCc1ccc(Cl)nc1. The standard InChI is InChI=1S/C10H15ClN2S/c1-8(4-12)6-14-7-9-2-3-10(11)13-5-9/h2-3,5,8H,4,6-7,12H2,1H3. The summed E-state index contributed by atoms with van der Waals surface area (Å²) in [6.45, 7) is 2.92. The third-order valence-corrected chi connectivity index (χ3v) is 3.43. The topological polar surface area (TPSA) is 38.9 Å². The van der Waals surface area contributed by atoms with Crippen molar-refractivity contribution in [2.45, 2.75) is 12.7 Å². The van der Waals surface area contributed by atoms with Crippen molar-refractivity contribution in [3.63, 3.8) is 0 Å². The minimum absolute atomic E-state index is 0.550. The van der Waals surface area contributed by atoms with E-state index in [1.54, 1.807) is 0 Å². The highest BCUT2D eigenvalue weighted by molar-refractivity contribution is 7.98. The molecule has 0 bridgehead atoms. The van der Waals surface area contributed by atoms with E-state index in [2.05, 4.69) is 11.9 Å². The Morgan fingerprint density at radius 2 is 2.36 bits per heavy atom. The maximum absolute atomic E-state index is 5.68. The summed E-state index contributed by atoms with van der Waals surface area (Å²) in [6.07, 6.45) is 1.82. The predicted octanol–water partition coefficient (Wildman–Crippen LogP) is 2.56. The van der Waals surface area contributed by atoms with Gasteiger partial charge in [-0.2, -0.15) is 11.8 Å². The zero-order chi connectivity index (χ0) is 10.4. The molecular formula is C10H15ClN2S. The fourth-order valence-corrected chi connectivity index (χ4v) is 2.11. The first-order valence-corrected chi connectivity index (χ1v) is 6.14. The molecule has 0 radical (unpaired) electrons. The second-order valence-electron chi connectivity index (χ2n) is 3.35. The Bertz CT molecular complexity index is 263. The maximum Gasteiger partial charge on any atom is 0.129 e. The summed E-state index contributed by atoms with van der Waals surface area (Å²) in [4.78, 5) is 4.02. The van der Waals surface area contributed by atoms with Crippen LogP contribution in [0.1, 0.15) is 12.5 Å². The van der Waals surface area contributed by atoms with Crippen LogP contribution in [0, 0.1) is 5.92 Å². The highest BCUT2D eigenvalue weighted by Gasteiger charge is 2.00. The van der Waals surface area contributed by atoms with E-state index in [4.69, 9.17) is 17.3 Å². The Kier molecular flexibility index (Phi) is 5.30. The van der Waals surface area contributed by atoms with Crippen LogP contribution in [0.15, 0.2) is 18.3 Å². The van der Waals surface area contributed by atoms with E-state index in [1.165, 1.54) is 5.56 Å². The van der Waals surface area contributed by atoms with Gasteiger partial charge in [-0.3, -0.25) is 0 Å². The highest BCUT2D eigenvalue weighted by atomic mass is 35.5. The molecule has 0 aliphatic rings. The van der Waals surface area contributed by atoms with Crippen molar-refractivity contribution in [1.82, 2.24) is 4.98 Å². The van der Waals surface area contributed by atoms with Crippen LogP contribution in [0.3, 0.4) is 0 Å². The van der Waals surface area contributed by atoms with Crippen LogP contribution in [0.2, 0.25) is 5.15 Å². The normalized spacial score (nSPS) is 12.8. The van der Waals surface area contributed by atoms with Gasteiger partial charge < -0.3 is 5.73 Å². The number of aromatic nitrogens is 1. The minimum atomic E-state index is 0.550. The van der Waals surface area contributed by atoms with E-state index >= 15 is 0 Å². The summed E-state index contributed by atoms with van der Waals surface area (Å²) in [5, 5.41) is 0.550. The summed E-state index contributed by atoms with van der Waals surface area (Å²) in [5.41, 5.74) is 6.74. The smallest absolute Gasteiger partial charge is 0.129 e. The Labute approximate surface area is 94.2 Å². The molecule has 0 aliphatic heterocycles. The molecule has 2 N–H and O–H groups in total. The van der Waals surface area contributed by atoms with Crippen LogP contribution in [0.25, 0.3) is 0 Å². The predicted molar refractivity (Wildman–Crippen MR) is 63.6 cm³/mol. The molecule has 0 amide bonds. The lowest BCUT2D eigenvalue weighted by Gasteiger charge is -2.07. The van der Waals surface area contributed by atoms with E-state index in [0.717, 1.165) is 18.1 Å². The zero-order valence-electron chi connectivity index (χ0n) is 8.24. The van der Waals surface area contributed by atoms with Gasteiger partial charge in [0.25, 0.3) is 0 Å². The van der Waals surface area contributed by atoms with Crippen LogP contribution in [-0.4, -0.2) is 17.3 Å². The number of rotatable bonds is 5. The average Bonchev–Trinajstić information content (AvgIpc) is 2.21. The van der Waals surface area contributed by atoms with Gasteiger partial charge in [0.1, 0.15) is 5.15 Å². The molecule has 0 spiro atoms. The van der Waals surface area contributed by atoms with Gasteiger partial charge in [-0.05, 0) is 29.8 Å². The van der Waals surface area contributed by atoms with Crippen LogP contribution in [0.4, 0.5) is 0 Å². The largest absolute Gasteiger partial charge is 0.330 e. The van der Waals surface area contributed by atoms with Crippen LogP contribution in [-0.2, 0) is 5.75 Å². The van der Waals surface area contributed by atoms with E-state index in [1.807, 2.05) is 30.1 Å². The van der Waals surface area contributed by atoms with Crippen LogP contribution < -0.4 is 5.73 Å². The zero-order valence-corrected chi connectivity index (χ0v) is 9.81. The van der Waals surface area contributed by atoms with Crippen molar-refractivity contribution in [2.75, 3.05) is 12.3 Å². The molecule has 0 saturated heterocycles. The molecular weight excluding hydrogens is 216 g/mol. The molecule has 0 aliphatic carbocycles. The fourth-order valence-electron chi connectivity index (χ4n) is 0.938. The second-order valence-corrected chi connectivity index (χ2v) is 4.76. The number of thioether (sulfide) groups is 1. The van der Waals surface area contributed by atoms with Crippen molar-refractivity contribution in [3.8, 4) is 0 Å². The molecule has 0 aromatic carbocycles. The van der Waals surface area contributed by atoms with Crippen molar-refractivity contribution < 1.29 is 0 Å². The molecule has 1 heterocycles. The van der Waals surface area contributed by atoms with Gasteiger partial charge in [0, 0.05) is 11.9 Å². The highest BCUT2D eigenvalue weighted by Crippen LogP contribution is 2.15. The summed E-state index contributed by atoms with van der Waals surface area (Å²) >= 11 is 7.57.